The first-order valence-electron chi connectivity index (χ1n) is 7.30. The van der Waals surface area contributed by atoms with Crippen molar-refractivity contribution < 1.29 is 9.84 Å². The van der Waals surface area contributed by atoms with Crippen molar-refractivity contribution in [3.8, 4) is 0 Å². The van der Waals surface area contributed by atoms with Gasteiger partial charge in [-0.1, -0.05) is 30.3 Å². The van der Waals surface area contributed by atoms with E-state index >= 15 is 0 Å². The van der Waals surface area contributed by atoms with Gasteiger partial charge in [0.05, 0.1) is 31.3 Å². The summed E-state index contributed by atoms with van der Waals surface area (Å²) in [5.41, 5.74) is 3.31. The van der Waals surface area contributed by atoms with Crippen LogP contribution in [0.3, 0.4) is 0 Å². The summed E-state index contributed by atoms with van der Waals surface area (Å²) in [5, 5.41) is 9.65. The molecule has 0 spiro atoms. The molecule has 21 heavy (non-hydrogen) atoms. The molecule has 0 aliphatic carbocycles. The predicted octanol–water partition coefficient (Wildman–Crippen LogP) is 1.65. The Labute approximate surface area is 124 Å². The maximum absolute atomic E-state index is 9.65. The summed E-state index contributed by atoms with van der Waals surface area (Å²) in [4.78, 5) is 9.84. The lowest BCUT2D eigenvalue weighted by molar-refractivity contribution is -0.0963. The Morgan fingerprint density at radius 1 is 1.38 bits per heavy atom. The van der Waals surface area contributed by atoms with E-state index in [1.807, 2.05) is 25.1 Å². The molecule has 0 unspecified atom stereocenters. The molecule has 5 heteroatoms. The minimum atomic E-state index is -0.194. The van der Waals surface area contributed by atoms with Gasteiger partial charge in [-0.15, -0.1) is 0 Å². The number of benzene rings is 1. The highest BCUT2D eigenvalue weighted by Gasteiger charge is 2.33. The minimum absolute atomic E-state index is 0.0234. The van der Waals surface area contributed by atoms with Crippen molar-refractivity contribution in [3.05, 3.63) is 53.6 Å². The molecule has 1 aromatic carbocycles. The largest absolute Gasteiger partial charge is 0.394 e. The Bertz CT molecular complexity index is 570. The number of aromatic nitrogens is 2. The second kappa shape index (κ2) is 6.39. The fourth-order valence-corrected chi connectivity index (χ4v) is 2.93. The average Bonchev–Trinajstić information content (AvgIpc) is 2.93. The second-order valence-electron chi connectivity index (χ2n) is 5.39. The van der Waals surface area contributed by atoms with Crippen LogP contribution < -0.4 is 0 Å². The lowest BCUT2D eigenvalue weighted by Crippen LogP contribution is -2.46. The minimum Gasteiger partial charge on any atom is -0.394 e. The number of hydrogen-bond acceptors (Lipinski definition) is 4. The third-order valence-corrected chi connectivity index (χ3v) is 4.06. The molecule has 2 N–H and O–H groups in total. The first kappa shape index (κ1) is 14.3. The number of nitrogens with one attached hydrogen (secondary N) is 1. The van der Waals surface area contributed by atoms with Crippen molar-refractivity contribution in [2.45, 2.75) is 25.6 Å². The van der Waals surface area contributed by atoms with Crippen LogP contribution in [-0.4, -0.2) is 45.8 Å². The maximum atomic E-state index is 9.65. The third kappa shape index (κ3) is 3.00. The van der Waals surface area contributed by atoms with E-state index in [9.17, 15) is 5.11 Å². The van der Waals surface area contributed by atoms with Crippen molar-refractivity contribution in [1.82, 2.24) is 14.9 Å². The van der Waals surface area contributed by atoms with Gasteiger partial charge in [0, 0.05) is 18.8 Å². The van der Waals surface area contributed by atoms with Gasteiger partial charge in [-0.2, -0.15) is 0 Å². The van der Waals surface area contributed by atoms with E-state index in [-0.39, 0.29) is 18.8 Å². The van der Waals surface area contributed by atoms with Crippen LogP contribution in [0, 0.1) is 6.92 Å². The molecular weight excluding hydrogens is 266 g/mol. The number of nitrogens with zero attached hydrogens (tertiary/aromatic N) is 2. The number of ether oxygens (including phenoxy) is 1. The number of aliphatic hydroxyl groups is 1. The molecule has 1 fully saturated rings. The SMILES string of the molecule is Cc1[nH]cnc1CN1CCO[C@@H](CO)[C@@H]1c1ccccc1. The molecule has 112 valence electrons. The molecule has 0 radical (unpaired) electrons. The zero-order valence-corrected chi connectivity index (χ0v) is 12.2. The van der Waals surface area contributed by atoms with E-state index in [2.05, 4.69) is 27.0 Å². The van der Waals surface area contributed by atoms with Gasteiger partial charge in [-0.05, 0) is 12.5 Å². The van der Waals surface area contributed by atoms with Crippen LogP contribution in [0.1, 0.15) is 23.0 Å². The van der Waals surface area contributed by atoms with Crippen LogP contribution in [0.25, 0.3) is 0 Å². The lowest BCUT2D eigenvalue weighted by atomic mass is 9.98. The van der Waals surface area contributed by atoms with Crippen molar-refractivity contribution in [1.29, 1.82) is 0 Å². The molecule has 0 bridgehead atoms. The van der Waals surface area contributed by atoms with Crippen LogP contribution in [0.5, 0.6) is 0 Å². The number of rotatable bonds is 4. The first-order valence-corrected chi connectivity index (χ1v) is 7.30. The van der Waals surface area contributed by atoms with Crippen molar-refractivity contribution in [2.24, 2.45) is 0 Å². The van der Waals surface area contributed by atoms with Crippen LogP contribution in [0.4, 0.5) is 0 Å². The smallest absolute Gasteiger partial charge is 0.100 e. The topological polar surface area (TPSA) is 61.4 Å². The molecule has 1 aromatic heterocycles. The molecule has 2 aromatic rings. The van der Waals surface area contributed by atoms with Crippen molar-refractivity contribution in [2.75, 3.05) is 19.8 Å². The van der Waals surface area contributed by atoms with Gasteiger partial charge < -0.3 is 14.8 Å². The van der Waals surface area contributed by atoms with Gasteiger partial charge in [0.25, 0.3) is 0 Å². The zero-order valence-electron chi connectivity index (χ0n) is 12.2. The quantitative estimate of drug-likeness (QED) is 0.897. The number of morpholine rings is 1. The Balaban J connectivity index is 1.87. The van der Waals surface area contributed by atoms with Crippen LogP contribution in [0.15, 0.2) is 36.7 Å². The standard InChI is InChI=1S/C16H21N3O2/c1-12-14(18-11-17-12)9-19-7-8-21-15(10-20)16(19)13-5-3-2-4-6-13/h2-6,11,15-16,20H,7-10H2,1H3,(H,17,18)/t15-,16-/m0/s1. The zero-order chi connectivity index (χ0) is 14.7. The lowest BCUT2D eigenvalue weighted by Gasteiger charge is -2.40. The van der Waals surface area contributed by atoms with Crippen LogP contribution in [-0.2, 0) is 11.3 Å². The van der Waals surface area contributed by atoms with Crippen LogP contribution in [0.2, 0.25) is 0 Å². The summed E-state index contributed by atoms with van der Waals surface area (Å²) in [5.74, 6) is 0. The highest BCUT2D eigenvalue weighted by molar-refractivity contribution is 5.21. The number of hydrogen-bond donors (Lipinski definition) is 2. The average molecular weight is 287 g/mol. The van der Waals surface area contributed by atoms with E-state index in [1.54, 1.807) is 6.33 Å². The number of aliphatic hydroxyl groups excluding tert-OH is 1. The number of aromatic amines is 1. The van der Waals surface area contributed by atoms with Crippen molar-refractivity contribution in [3.63, 3.8) is 0 Å². The van der Waals surface area contributed by atoms with Gasteiger partial charge in [-0.25, -0.2) is 4.98 Å². The van der Waals surface area contributed by atoms with Crippen LogP contribution >= 0.6 is 0 Å². The molecule has 1 aliphatic rings. The summed E-state index contributed by atoms with van der Waals surface area (Å²) in [6, 6.07) is 10.3. The number of imidazole rings is 1. The molecule has 0 amide bonds. The molecule has 5 nitrogen and oxygen atoms in total. The second-order valence-corrected chi connectivity index (χ2v) is 5.39. The van der Waals surface area contributed by atoms with E-state index in [0.717, 1.165) is 24.5 Å². The molecule has 3 rings (SSSR count). The molecule has 1 aliphatic heterocycles. The van der Waals surface area contributed by atoms with Gasteiger partial charge >= 0.3 is 0 Å². The van der Waals surface area contributed by atoms with E-state index < -0.39 is 0 Å². The Hall–Kier alpha value is -1.69. The predicted molar refractivity (Wildman–Crippen MR) is 79.7 cm³/mol. The van der Waals surface area contributed by atoms with E-state index in [0.29, 0.717) is 6.61 Å². The Kier molecular flexibility index (Phi) is 4.34. The number of aryl methyl sites for hydroxylation is 1. The molecular formula is C16H21N3O2. The number of H-pyrrole nitrogens is 1. The van der Waals surface area contributed by atoms with Crippen molar-refractivity contribution >= 4 is 0 Å². The van der Waals surface area contributed by atoms with Gasteiger partial charge in [-0.3, -0.25) is 4.90 Å². The Morgan fingerprint density at radius 3 is 2.86 bits per heavy atom. The van der Waals surface area contributed by atoms with Gasteiger partial charge in [0.1, 0.15) is 6.10 Å². The molecule has 0 saturated carbocycles. The Morgan fingerprint density at radius 2 is 2.19 bits per heavy atom. The van der Waals surface area contributed by atoms with E-state index in [1.165, 1.54) is 5.56 Å². The summed E-state index contributed by atoms with van der Waals surface area (Å²) >= 11 is 0. The molecule has 1 saturated heterocycles. The summed E-state index contributed by atoms with van der Waals surface area (Å²) in [7, 11) is 0. The van der Waals surface area contributed by atoms with Gasteiger partial charge in [0.2, 0.25) is 0 Å². The highest BCUT2D eigenvalue weighted by Crippen LogP contribution is 2.30. The summed E-state index contributed by atoms with van der Waals surface area (Å²) in [6.45, 7) is 4.29. The summed E-state index contributed by atoms with van der Waals surface area (Å²) in [6.07, 6.45) is 1.53. The first-order chi connectivity index (χ1) is 10.3. The highest BCUT2D eigenvalue weighted by atomic mass is 16.5. The normalized spacial score (nSPS) is 23.3. The maximum Gasteiger partial charge on any atom is 0.100 e. The summed E-state index contributed by atoms with van der Waals surface area (Å²) < 4.78 is 5.75. The molecule has 2 atom stereocenters. The fraction of sp³-hybridized carbons (Fsp3) is 0.438. The van der Waals surface area contributed by atoms with Gasteiger partial charge in [0.15, 0.2) is 0 Å². The monoisotopic (exact) mass is 287 g/mol. The molecule has 2 heterocycles. The van der Waals surface area contributed by atoms with E-state index in [4.69, 9.17) is 4.74 Å². The third-order valence-electron chi connectivity index (χ3n) is 4.06. The fourth-order valence-electron chi connectivity index (χ4n) is 2.93.